The lowest BCUT2D eigenvalue weighted by molar-refractivity contribution is -0.115. The van der Waals surface area contributed by atoms with Gasteiger partial charge in [0.2, 0.25) is 5.91 Å². The molecule has 0 spiro atoms. The average molecular weight is 465 g/mol. The number of hydrogen-bond donors (Lipinski definition) is 1. The molecular weight excluding hydrogens is 432 g/mol. The van der Waals surface area contributed by atoms with E-state index in [0.717, 1.165) is 41.2 Å². The van der Waals surface area contributed by atoms with Crippen LogP contribution in [0.3, 0.4) is 0 Å². The Kier molecular flexibility index (Phi) is 7.97. The van der Waals surface area contributed by atoms with Crippen LogP contribution >= 0.6 is 11.8 Å². The molecule has 1 aromatic heterocycles. The first-order valence-corrected chi connectivity index (χ1v) is 12.1. The van der Waals surface area contributed by atoms with Crippen LogP contribution in [0.25, 0.3) is 5.69 Å². The Hall–Kier alpha value is -3.06. The van der Waals surface area contributed by atoms with Crippen LogP contribution in [-0.2, 0) is 4.79 Å². The van der Waals surface area contributed by atoms with Crippen molar-refractivity contribution in [3.8, 4) is 5.69 Å². The van der Waals surface area contributed by atoms with E-state index in [4.69, 9.17) is 0 Å². The minimum atomic E-state index is -0.384. The molecule has 33 heavy (non-hydrogen) atoms. The Labute approximate surface area is 200 Å². The first-order valence-electron chi connectivity index (χ1n) is 11.2. The Morgan fingerprint density at radius 3 is 2.36 bits per heavy atom. The standard InChI is InChI=1S/C26H32N4O2S/c1-7-29(8-2)21-11-12-23(19(5)16-21)27-26(32)20(6)33-24-13-14-25(31)30(28-24)22-10-9-17(3)18(4)15-22/h9-16,20H,7-8H2,1-6H3,(H,27,32). The van der Waals surface area contributed by atoms with Gasteiger partial charge in [0.1, 0.15) is 5.03 Å². The second-order valence-electron chi connectivity index (χ2n) is 8.11. The normalized spacial score (nSPS) is 11.8. The molecule has 0 fully saturated rings. The molecule has 0 aliphatic heterocycles. The minimum absolute atomic E-state index is 0.107. The van der Waals surface area contributed by atoms with Gasteiger partial charge in [-0.3, -0.25) is 9.59 Å². The maximum absolute atomic E-state index is 12.9. The largest absolute Gasteiger partial charge is 0.372 e. The molecule has 1 heterocycles. The van der Waals surface area contributed by atoms with Gasteiger partial charge < -0.3 is 10.2 Å². The van der Waals surface area contributed by atoms with Crippen LogP contribution < -0.4 is 15.8 Å². The van der Waals surface area contributed by atoms with Crippen LogP contribution in [0.15, 0.2) is 58.4 Å². The van der Waals surface area contributed by atoms with Gasteiger partial charge in [0.25, 0.3) is 5.56 Å². The van der Waals surface area contributed by atoms with Crippen LogP contribution in [0.2, 0.25) is 0 Å². The number of rotatable bonds is 8. The summed E-state index contributed by atoms with van der Waals surface area (Å²) >= 11 is 1.33. The highest BCUT2D eigenvalue weighted by Gasteiger charge is 2.17. The molecule has 1 amide bonds. The molecule has 3 aromatic rings. The SMILES string of the molecule is CCN(CC)c1ccc(NC(=O)C(C)Sc2ccc(=O)n(-c3ccc(C)c(C)c3)n2)c(C)c1. The topological polar surface area (TPSA) is 67.2 Å². The van der Waals surface area contributed by atoms with Gasteiger partial charge >= 0.3 is 0 Å². The van der Waals surface area contributed by atoms with Gasteiger partial charge in [0.15, 0.2) is 0 Å². The third kappa shape index (κ3) is 5.85. The third-order valence-electron chi connectivity index (χ3n) is 5.77. The molecule has 0 saturated heterocycles. The van der Waals surface area contributed by atoms with E-state index in [1.807, 2.05) is 58.0 Å². The highest BCUT2D eigenvalue weighted by molar-refractivity contribution is 8.00. The number of nitrogens with zero attached hydrogens (tertiary/aromatic N) is 3. The van der Waals surface area contributed by atoms with Crippen molar-refractivity contribution >= 4 is 29.0 Å². The van der Waals surface area contributed by atoms with Crippen molar-refractivity contribution in [3.05, 3.63) is 75.6 Å². The summed E-state index contributed by atoms with van der Waals surface area (Å²) in [6, 6.07) is 15.0. The highest BCUT2D eigenvalue weighted by Crippen LogP contribution is 2.25. The summed E-state index contributed by atoms with van der Waals surface area (Å²) in [5.41, 5.74) is 5.73. The predicted octanol–water partition coefficient (Wildman–Crippen LogP) is 5.12. The fourth-order valence-electron chi connectivity index (χ4n) is 3.54. The lowest BCUT2D eigenvalue weighted by Crippen LogP contribution is -2.25. The van der Waals surface area contributed by atoms with E-state index in [0.29, 0.717) is 10.7 Å². The number of aryl methyl sites for hydroxylation is 3. The van der Waals surface area contributed by atoms with Gasteiger partial charge in [0, 0.05) is 30.5 Å². The lowest BCUT2D eigenvalue weighted by atomic mass is 10.1. The van der Waals surface area contributed by atoms with Crippen LogP contribution in [-0.4, -0.2) is 34.0 Å². The van der Waals surface area contributed by atoms with E-state index in [1.165, 1.54) is 22.5 Å². The number of benzene rings is 2. The Morgan fingerprint density at radius 1 is 1.00 bits per heavy atom. The van der Waals surface area contributed by atoms with Crippen molar-refractivity contribution in [2.75, 3.05) is 23.3 Å². The Bertz CT molecular complexity index is 1200. The summed E-state index contributed by atoms with van der Waals surface area (Å²) in [6.45, 7) is 14.0. The quantitative estimate of drug-likeness (QED) is 0.469. The summed E-state index contributed by atoms with van der Waals surface area (Å²) in [5.74, 6) is -0.107. The van der Waals surface area contributed by atoms with E-state index < -0.39 is 0 Å². The molecule has 1 N–H and O–H groups in total. The predicted molar refractivity (Wildman–Crippen MR) is 138 cm³/mol. The van der Waals surface area contributed by atoms with Gasteiger partial charge in [-0.25, -0.2) is 0 Å². The van der Waals surface area contributed by atoms with Crippen LogP contribution in [0.1, 0.15) is 37.5 Å². The second kappa shape index (κ2) is 10.7. The minimum Gasteiger partial charge on any atom is -0.372 e. The molecule has 0 radical (unpaired) electrons. The molecule has 174 valence electrons. The molecular formula is C26H32N4O2S. The fourth-order valence-corrected chi connectivity index (χ4v) is 4.35. The zero-order valence-corrected chi connectivity index (χ0v) is 21.0. The number of aromatic nitrogens is 2. The zero-order valence-electron chi connectivity index (χ0n) is 20.2. The van der Waals surface area contributed by atoms with Crippen molar-refractivity contribution in [2.45, 2.75) is 51.8 Å². The number of hydrogen-bond acceptors (Lipinski definition) is 5. The third-order valence-corrected chi connectivity index (χ3v) is 6.80. The van der Waals surface area contributed by atoms with Crippen molar-refractivity contribution < 1.29 is 4.79 Å². The molecule has 0 aliphatic rings. The molecule has 0 saturated carbocycles. The molecule has 6 nitrogen and oxygen atoms in total. The van der Waals surface area contributed by atoms with Gasteiger partial charge in [-0.15, -0.1) is 0 Å². The van der Waals surface area contributed by atoms with Gasteiger partial charge in [-0.1, -0.05) is 17.8 Å². The van der Waals surface area contributed by atoms with Gasteiger partial charge in [0.05, 0.1) is 10.9 Å². The second-order valence-corrected chi connectivity index (χ2v) is 9.47. The first kappa shape index (κ1) is 24.6. The smallest absolute Gasteiger partial charge is 0.271 e. The van der Waals surface area contributed by atoms with Crippen LogP contribution in [0.5, 0.6) is 0 Å². The summed E-state index contributed by atoms with van der Waals surface area (Å²) < 4.78 is 1.38. The van der Waals surface area contributed by atoms with Crippen molar-refractivity contribution in [2.24, 2.45) is 0 Å². The van der Waals surface area contributed by atoms with Gasteiger partial charge in [-0.2, -0.15) is 9.78 Å². The van der Waals surface area contributed by atoms with E-state index >= 15 is 0 Å². The number of thioether (sulfide) groups is 1. The number of carbonyl (C=O) groups excluding carboxylic acids is 1. The summed E-state index contributed by atoms with van der Waals surface area (Å²) in [5, 5.41) is 7.75. The zero-order chi connectivity index (χ0) is 24.1. The van der Waals surface area contributed by atoms with E-state index in [2.05, 4.69) is 35.2 Å². The van der Waals surface area contributed by atoms with Crippen molar-refractivity contribution in [1.82, 2.24) is 9.78 Å². The Morgan fingerprint density at radius 2 is 1.73 bits per heavy atom. The van der Waals surface area contributed by atoms with Crippen molar-refractivity contribution in [1.29, 1.82) is 0 Å². The molecule has 1 atom stereocenters. The van der Waals surface area contributed by atoms with Crippen LogP contribution in [0, 0.1) is 20.8 Å². The monoisotopic (exact) mass is 464 g/mol. The fraction of sp³-hybridized carbons (Fsp3) is 0.346. The molecule has 0 bridgehead atoms. The molecule has 2 aromatic carbocycles. The number of amides is 1. The van der Waals surface area contributed by atoms with E-state index in [9.17, 15) is 9.59 Å². The summed E-state index contributed by atoms with van der Waals surface area (Å²) in [4.78, 5) is 27.5. The number of nitrogens with one attached hydrogen (secondary N) is 1. The highest BCUT2D eigenvalue weighted by atomic mass is 32.2. The lowest BCUT2D eigenvalue weighted by Gasteiger charge is -2.22. The molecule has 7 heteroatoms. The molecule has 3 rings (SSSR count). The number of anilines is 2. The number of carbonyl (C=O) groups is 1. The van der Waals surface area contributed by atoms with Crippen molar-refractivity contribution in [3.63, 3.8) is 0 Å². The first-order chi connectivity index (χ1) is 15.7. The maximum Gasteiger partial charge on any atom is 0.271 e. The summed E-state index contributed by atoms with van der Waals surface area (Å²) in [6.07, 6.45) is 0. The maximum atomic E-state index is 12.9. The Balaban J connectivity index is 1.74. The van der Waals surface area contributed by atoms with Crippen LogP contribution in [0.4, 0.5) is 11.4 Å². The molecule has 0 aliphatic carbocycles. The molecule has 1 unspecified atom stereocenters. The summed E-state index contributed by atoms with van der Waals surface area (Å²) in [7, 11) is 0. The average Bonchev–Trinajstić information content (AvgIpc) is 2.79. The van der Waals surface area contributed by atoms with E-state index in [1.54, 1.807) is 6.07 Å². The van der Waals surface area contributed by atoms with Gasteiger partial charge in [-0.05, 0) is 94.6 Å². The van der Waals surface area contributed by atoms with E-state index in [-0.39, 0.29) is 16.7 Å².